The monoisotopic (exact) mass is 296 g/mol. The Hall–Kier alpha value is -1.06. The molecule has 0 atom stereocenters. The van der Waals surface area contributed by atoms with E-state index in [2.05, 4.69) is 6.92 Å². The summed E-state index contributed by atoms with van der Waals surface area (Å²) in [5, 5.41) is 10.6. The average molecular weight is 297 g/mol. The van der Waals surface area contributed by atoms with Gasteiger partial charge in [0.2, 0.25) is 0 Å². The van der Waals surface area contributed by atoms with Gasteiger partial charge in [-0.25, -0.2) is 0 Å². The maximum Gasteiger partial charge on any atom is 0.132 e. The van der Waals surface area contributed by atoms with Crippen LogP contribution in [0.3, 0.4) is 0 Å². The molecule has 0 amide bonds. The molecule has 0 bridgehead atoms. The first-order chi connectivity index (χ1) is 9.56. The number of aryl methyl sites for hydroxylation is 1. The zero-order valence-corrected chi connectivity index (χ0v) is 12.8. The van der Waals surface area contributed by atoms with E-state index in [4.69, 9.17) is 16.3 Å². The molecule has 3 nitrogen and oxygen atoms in total. The van der Waals surface area contributed by atoms with Crippen LogP contribution in [-0.4, -0.2) is 24.6 Å². The van der Waals surface area contributed by atoms with E-state index in [1.54, 1.807) is 7.11 Å². The van der Waals surface area contributed by atoms with Crippen LogP contribution < -0.4 is 4.74 Å². The predicted octanol–water partition coefficient (Wildman–Crippen LogP) is 3.28. The van der Waals surface area contributed by atoms with Crippen LogP contribution in [0, 0.1) is 0 Å². The maximum atomic E-state index is 11.5. The van der Waals surface area contributed by atoms with Crippen LogP contribution in [-0.2, 0) is 16.6 Å². The molecule has 1 aromatic carbocycles. The molecule has 2 rings (SSSR count). The second-order valence-corrected chi connectivity index (χ2v) is 5.89. The molecule has 1 aromatic rings. The third kappa shape index (κ3) is 2.70. The minimum absolute atomic E-state index is 0.0121. The number of aliphatic hydroxyl groups is 1. The summed E-state index contributed by atoms with van der Waals surface area (Å²) in [5.74, 6) is 0.979. The van der Waals surface area contributed by atoms with E-state index in [9.17, 15) is 9.90 Å². The van der Waals surface area contributed by atoms with Gasteiger partial charge >= 0.3 is 0 Å². The summed E-state index contributed by atoms with van der Waals surface area (Å²) in [7, 11) is 1.62. The number of carbonyl (C=O) groups excluding carboxylic acids is 1. The van der Waals surface area contributed by atoms with Gasteiger partial charge in [-0.15, -0.1) is 0 Å². The summed E-state index contributed by atoms with van der Waals surface area (Å²) >= 11 is 6.45. The molecule has 0 aromatic heterocycles. The van der Waals surface area contributed by atoms with E-state index in [-0.39, 0.29) is 12.4 Å². The van der Waals surface area contributed by atoms with Crippen molar-refractivity contribution in [2.45, 2.75) is 44.4 Å². The Morgan fingerprint density at radius 3 is 2.50 bits per heavy atom. The van der Waals surface area contributed by atoms with Crippen molar-refractivity contribution in [3.8, 4) is 5.75 Å². The van der Waals surface area contributed by atoms with Crippen molar-refractivity contribution in [3.63, 3.8) is 0 Å². The summed E-state index contributed by atoms with van der Waals surface area (Å²) in [6.45, 7) is 2.05. The van der Waals surface area contributed by atoms with Gasteiger partial charge in [0.1, 0.15) is 11.5 Å². The van der Waals surface area contributed by atoms with Crippen molar-refractivity contribution in [2.75, 3.05) is 13.7 Å². The van der Waals surface area contributed by atoms with Crippen molar-refractivity contribution < 1.29 is 14.6 Å². The fraction of sp³-hybridized carbons (Fsp3) is 0.562. The number of hydrogen-bond acceptors (Lipinski definition) is 3. The number of carbonyl (C=O) groups is 1. The SMILES string of the molecule is CCc1cc(Cl)c(C2(CO)CCC(=O)CC2)c(OC)c1. The molecule has 4 heteroatoms. The van der Waals surface area contributed by atoms with Crippen LogP contribution in [0.5, 0.6) is 5.75 Å². The predicted molar refractivity (Wildman–Crippen MR) is 79.6 cm³/mol. The van der Waals surface area contributed by atoms with Gasteiger partial charge in [0.25, 0.3) is 0 Å². The van der Waals surface area contributed by atoms with E-state index in [0.717, 1.165) is 23.3 Å². The van der Waals surface area contributed by atoms with Gasteiger partial charge in [0.05, 0.1) is 13.7 Å². The lowest BCUT2D eigenvalue weighted by Crippen LogP contribution is -2.36. The lowest BCUT2D eigenvalue weighted by Gasteiger charge is -2.37. The zero-order chi connectivity index (χ0) is 14.8. The molecule has 1 aliphatic carbocycles. The van der Waals surface area contributed by atoms with E-state index >= 15 is 0 Å². The summed E-state index contributed by atoms with van der Waals surface area (Å²) < 4.78 is 5.50. The maximum absolute atomic E-state index is 11.5. The Morgan fingerprint density at radius 1 is 1.35 bits per heavy atom. The van der Waals surface area contributed by atoms with Gasteiger partial charge in [-0.05, 0) is 37.0 Å². The largest absolute Gasteiger partial charge is 0.496 e. The Balaban J connectivity index is 2.51. The molecule has 0 aliphatic heterocycles. The second kappa shape index (κ2) is 6.15. The summed E-state index contributed by atoms with van der Waals surface area (Å²) in [4.78, 5) is 11.5. The van der Waals surface area contributed by atoms with E-state index < -0.39 is 5.41 Å². The Labute approximate surface area is 124 Å². The number of benzene rings is 1. The lowest BCUT2D eigenvalue weighted by atomic mass is 9.69. The topological polar surface area (TPSA) is 46.5 Å². The Morgan fingerprint density at radius 2 is 2.00 bits per heavy atom. The minimum Gasteiger partial charge on any atom is -0.496 e. The van der Waals surface area contributed by atoms with Crippen LogP contribution in [0.2, 0.25) is 5.02 Å². The molecule has 1 fully saturated rings. The summed E-state index contributed by atoms with van der Waals surface area (Å²) in [6.07, 6.45) is 3.12. The minimum atomic E-state index is -0.456. The number of hydrogen-bond donors (Lipinski definition) is 1. The summed E-state index contributed by atoms with van der Waals surface area (Å²) in [6, 6.07) is 3.92. The van der Waals surface area contributed by atoms with Crippen molar-refractivity contribution in [2.24, 2.45) is 0 Å². The normalized spacial score (nSPS) is 18.1. The summed E-state index contributed by atoms with van der Waals surface area (Å²) in [5.41, 5.74) is 1.51. The number of halogens is 1. The molecule has 0 saturated heterocycles. The molecular formula is C16H21ClO3. The molecule has 0 radical (unpaired) electrons. The third-order valence-corrected chi connectivity index (χ3v) is 4.64. The molecule has 0 heterocycles. The number of Topliss-reactive ketones (excluding diaryl/α,β-unsaturated/α-hetero) is 1. The fourth-order valence-electron chi connectivity index (χ4n) is 3.01. The van der Waals surface area contributed by atoms with Crippen molar-refractivity contribution in [3.05, 3.63) is 28.3 Å². The standard InChI is InChI=1S/C16H21ClO3/c1-3-11-8-13(17)15(14(9-11)20-2)16(10-18)6-4-12(19)5-7-16/h8-9,18H,3-7,10H2,1-2H3. The second-order valence-electron chi connectivity index (χ2n) is 5.49. The first kappa shape index (κ1) is 15.3. The number of rotatable bonds is 4. The van der Waals surface area contributed by atoms with Crippen LogP contribution >= 0.6 is 11.6 Å². The van der Waals surface area contributed by atoms with Gasteiger partial charge < -0.3 is 9.84 Å². The van der Waals surface area contributed by atoms with Crippen LogP contribution in [0.25, 0.3) is 0 Å². The molecule has 0 unspecified atom stereocenters. The molecule has 1 saturated carbocycles. The molecule has 110 valence electrons. The Kier molecular flexibility index (Phi) is 4.71. The molecule has 0 spiro atoms. The number of aliphatic hydroxyl groups excluding tert-OH is 1. The number of ketones is 1. The molecule has 1 N–H and O–H groups in total. The Bertz CT molecular complexity index is 501. The van der Waals surface area contributed by atoms with Crippen LogP contribution in [0.15, 0.2) is 12.1 Å². The van der Waals surface area contributed by atoms with Crippen LogP contribution in [0.4, 0.5) is 0 Å². The van der Waals surface area contributed by atoms with Gasteiger partial charge in [-0.2, -0.15) is 0 Å². The highest BCUT2D eigenvalue weighted by atomic mass is 35.5. The number of methoxy groups -OCH3 is 1. The van der Waals surface area contributed by atoms with E-state index in [1.165, 1.54) is 0 Å². The van der Waals surface area contributed by atoms with Gasteiger partial charge in [0.15, 0.2) is 0 Å². The first-order valence-corrected chi connectivity index (χ1v) is 7.43. The lowest BCUT2D eigenvalue weighted by molar-refractivity contribution is -0.121. The van der Waals surface area contributed by atoms with Gasteiger partial charge in [-0.1, -0.05) is 18.5 Å². The third-order valence-electron chi connectivity index (χ3n) is 4.34. The average Bonchev–Trinajstić information content (AvgIpc) is 2.48. The molecular weight excluding hydrogens is 276 g/mol. The van der Waals surface area contributed by atoms with Gasteiger partial charge in [-0.3, -0.25) is 4.79 Å². The molecule has 1 aliphatic rings. The fourth-order valence-corrected chi connectivity index (χ4v) is 3.44. The smallest absolute Gasteiger partial charge is 0.132 e. The molecule has 20 heavy (non-hydrogen) atoms. The van der Waals surface area contributed by atoms with Crippen molar-refractivity contribution in [1.82, 2.24) is 0 Å². The highest BCUT2D eigenvalue weighted by Gasteiger charge is 2.39. The van der Waals surface area contributed by atoms with Crippen LogP contribution in [0.1, 0.15) is 43.7 Å². The van der Waals surface area contributed by atoms with Gasteiger partial charge in [0, 0.05) is 28.8 Å². The zero-order valence-electron chi connectivity index (χ0n) is 12.0. The van der Waals surface area contributed by atoms with E-state index in [1.807, 2.05) is 12.1 Å². The van der Waals surface area contributed by atoms with E-state index in [0.29, 0.717) is 30.7 Å². The quantitative estimate of drug-likeness (QED) is 0.927. The number of ether oxygens (including phenoxy) is 1. The van der Waals surface area contributed by atoms with Crippen molar-refractivity contribution in [1.29, 1.82) is 0 Å². The highest BCUT2D eigenvalue weighted by molar-refractivity contribution is 6.31. The highest BCUT2D eigenvalue weighted by Crippen LogP contribution is 2.46. The first-order valence-electron chi connectivity index (χ1n) is 7.05. The van der Waals surface area contributed by atoms with Crippen molar-refractivity contribution >= 4 is 17.4 Å².